The molecule has 0 atom stereocenters. The summed E-state index contributed by atoms with van der Waals surface area (Å²) in [6, 6.07) is 3.45. The monoisotopic (exact) mass is 239 g/mol. The third kappa shape index (κ3) is 2.52. The van der Waals surface area contributed by atoms with Crippen LogP contribution in [0.5, 0.6) is 11.5 Å². The molecule has 0 spiro atoms. The summed E-state index contributed by atoms with van der Waals surface area (Å²) in [5, 5.41) is 3.30. The Bertz CT molecular complexity index is 389. The Hall–Kier alpha value is -1.29. The topological polar surface area (TPSA) is 30.5 Å². The van der Waals surface area contributed by atoms with Crippen LogP contribution >= 0.6 is 0 Å². The van der Waals surface area contributed by atoms with E-state index in [1.54, 1.807) is 6.07 Å². The molecule has 1 aliphatic rings. The Labute approximate surface area is 101 Å². The fourth-order valence-electron chi connectivity index (χ4n) is 2.33. The molecule has 0 amide bonds. The molecule has 2 rings (SSSR count). The van der Waals surface area contributed by atoms with Crippen molar-refractivity contribution < 1.29 is 13.9 Å². The fraction of sp³-hybridized carbons (Fsp3) is 0.538. The summed E-state index contributed by atoms with van der Waals surface area (Å²) in [6.07, 6.45) is 2.07. The second-order valence-electron chi connectivity index (χ2n) is 4.26. The molecule has 0 saturated carbocycles. The van der Waals surface area contributed by atoms with Crippen LogP contribution in [0.3, 0.4) is 0 Å². The van der Waals surface area contributed by atoms with E-state index in [0.717, 1.165) is 31.5 Å². The standard InChI is InChI=1S/C13H18FNO2/c1-16-12-8-10(7-11(14)13(12)17-2)9-3-5-15-6-4-9/h7-9,15H,3-6H2,1-2H3. The Kier molecular flexibility index (Phi) is 3.84. The lowest BCUT2D eigenvalue weighted by Crippen LogP contribution is -2.26. The molecule has 1 saturated heterocycles. The molecule has 94 valence electrons. The Morgan fingerprint density at radius 3 is 2.47 bits per heavy atom. The van der Waals surface area contributed by atoms with Crippen LogP contribution in [0, 0.1) is 5.82 Å². The smallest absolute Gasteiger partial charge is 0.196 e. The van der Waals surface area contributed by atoms with E-state index >= 15 is 0 Å². The van der Waals surface area contributed by atoms with Crippen molar-refractivity contribution in [2.75, 3.05) is 27.3 Å². The van der Waals surface area contributed by atoms with Crippen molar-refractivity contribution >= 4 is 0 Å². The number of rotatable bonds is 3. The Morgan fingerprint density at radius 1 is 1.18 bits per heavy atom. The third-order valence-corrected chi connectivity index (χ3v) is 3.27. The summed E-state index contributed by atoms with van der Waals surface area (Å²) < 4.78 is 24.0. The molecular formula is C13H18FNO2. The molecule has 4 heteroatoms. The molecule has 3 nitrogen and oxygen atoms in total. The van der Waals surface area contributed by atoms with Crippen molar-refractivity contribution in [3.05, 3.63) is 23.5 Å². The van der Waals surface area contributed by atoms with E-state index in [9.17, 15) is 4.39 Å². The number of piperidine rings is 1. The van der Waals surface area contributed by atoms with Crippen LogP contribution in [0.4, 0.5) is 4.39 Å². The molecule has 1 aliphatic heterocycles. The van der Waals surface area contributed by atoms with Crippen LogP contribution < -0.4 is 14.8 Å². The van der Waals surface area contributed by atoms with Crippen LogP contribution in [0.1, 0.15) is 24.3 Å². The molecule has 1 N–H and O–H groups in total. The van der Waals surface area contributed by atoms with Gasteiger partial charge in [0.05, 0.1) is 14.2 Å². The lowest BCUT2D eigenvalue weighted by Gasteiger charge is -2.23. The maximum Gasteiger partial charge on any atom is 0.196 e. The van der Waals surface area contributed by atoms with E-state index in [2.05, 4.69) is 5.32 Å². The second-order valence-corrected chi connectivity index (χ2v) is 4.26. The zero-order chi connectivity index (χ0) is 12.3. The van der Waals surface area contributed by atoms with Crippen LogP contribution in [0.25, 0.3) is 0 Å². The number of nitrogens with one attached hydrogen (secondary N) is 1. The minimum Gasteiger partial charge on any atom is -0.493 e. The first-order valence-corrected chi connectivity index (χ1v) is 5.88. The van der Waals surface area contributed by atoms with E-state index in [1.165, 1.54) is 14.2 Å². The molecule has 0 unspecified atom stereocenters. The summed E-state index contributed by atoms with van der Waals surface area (Å²) in [5.41, 5.74) is 1.00. The molecule has 1 heterocycles. The zero-order valence-corrected chi connectivity index (χ0v) is 10.3. The largest absolute Gasteiger partial charge is 0.493 e. The number of hydrogen-bond donors (Lipinski definition) is 1. The predicted octanol–water partition coefficient (Wildman–Crippen LogP) is 2.31. The number of halogens is 1. The molecular weight excluding hydrogens is 221 g/mol. The molecule has 17 heavy (non-hydrogen) atoms. The van der Waals surface area contributed by atoms with Gasteiger partial charge in [-0.3, -0.25) is 0 Å². The average Bonchev–Trinajstić information content (AvgIpc) is 2.38. The summed E-state index contributed by atoms with van der Waals surface area (Å²) in [5.74, 6) is 0.720. The molecule has 0 radical (unpaired) electrons. The van der Waals surface area contributed by atoms with Gasteiger partial charge in [0.25, 0.3) is 0 Å². The van der Waals surface area contributed by atoms with E-state index in [4.69, 9.17) is 9.47 Å². The quantitative estimate of drug-likeness (QED) is 0.878. The van der Waals surface area contributed by atoms with E-state index in [0.29, 0.717) is 11.7 Å². The van der Waals surface area contributed by atoms with Gasteiger partial charge in [-0.1, -0.05) is 0 Å². The molecule has 0 bridgehead atoms. The summed E-state index contributed by atoms with van der Waals surface area (Å²) >= 11 is 0. The van der Waals surface area contributed by atoms with Gasteiger partial charge in [0.2, 0.25) is 0 Å². The highest BCUT2D eigenvalue weighted by molar-refractivity contribution is 5.45. The fourth-order valence-corrected chi connectivity index (χ4v) is 2.33. The lowest BCUT2D eigenvalue weighted by molar-refractivity contribution is 0.335. The number of ether oxygens (including phenoxy) is 2. The van der Waals surface area contributed by atoms with E-state index < -0.39 is 0 Å². The van der Waals surface area contributed by atoms with Gasteiger partial charge in [0, 0.05) is 0 Å². The molecule has 1 aromatic rings. The number of hydrogen-bond acceptors (Lipinski definition) is 3. The lowest BCUT2D eigenvalue weighted by atomic mass is 9.90. The normalized spacial score (nSPS) is 16.9. The summed E-state index contributed by atoms with van der Waals surface area (Å²) in [6.45, 7) is 1.97. The van der Waals surface area contributed by atoms with E-state index in [-0.39, 0.29) is 11.6 Å². The number of methoxy groups -OCH3 is 2. The minimum absolute atomic E-state index is 0.185. The predicted molar refractivity (Wildman–Crippen MR) is 64.3 cm³/mol. The zero-order valence-electron chi connectivity index (χ0n) is 10.3. The van der Waals surface area contributed by atoms with Crippen LogP contribution in [-0.4, -0.2) is 27.3 Å². The first-order chi connectivity index (χ1) is 8.26. The SMILES string of the molecule is COc1cc(C2CCNCC2)cc(F)c1OC. The van der Waals surface area contributed by atoms with Gasteiger partial charge in [0.15, 0.2) is 17.3 Å². The van der Waals surface area contributed by atoms with Crippen LogP contribution in [0.2, 0.25) is 0 Å². The minimum atomic E-state index is -0.347. The van der Waals surface area contributed by atoms with Crippen molar-refractivity contribution in [2.45, 2.75) is 18.8 Å². The molecule has 0 aromatic heterocycles. The van der Waals surface area contributed by atoms with Crippen molar-refractivity contribution in [3.63, 3.8) is 0 Å². The average molecular weight is 239 g/mol. The molecule has 1 aromatic carbocycles. The summed E-state index contributed by atoms with van der Waals surface area (Å²) in [7, 11) is 2.98. The molecule has 0 aliphatic carbocycles. The highest BCUT2D eigenvalue weighted by atomic mass is 19.1. The van der Waals surface area contributed by atoms with E-state index in [1.807, 2.05) is 6.07 Å². The maximum absolute atomic E-state index is 13.8. The van der Waals surface area contributed by atoms with Gasteiger partial charge < -0.3 is 14.8 Å². The highest BCUT2D eigenvalue weighted by Gasteiger charge is 2.19. The van der Waals surface area contributed by atoms with Gasteiger partial charge in [-0.25, -0.2) is 4.39 Å². The van der Waals surface area contributed by atoms with Crippen LogP contribution in [0.15, 0.2) is 12.1 Å². The first kappa shape index (κ1) is 12.2. The van der Waals surface area contributed by atoms with Crippen LogP contribution in [-0.2, 0) is 0 Å². The first-order valence-electron chi connectivity index (χ1n) is 5.88. The third-order valence-electron chi connectivity index (χ3n) is 3.27. The van der Waals surface area contributed by atoms with Gasteiger partial charge in [0.1, 0.15) is 0 Å². The highest BCUT2D eigenvalue weighted by Crippen LogP contribution is 2.36. The Balaban J connectivity index is 2.31. The second kappa shape index (κ2) is 5.36. The van der Waals surface area contributed by atoms with Gasteiger partial charge >= 0.3 is 0 Å². The van der Waals surface area contributed by atoms with Crippen molar-refractivity contribution in [1.29, 1.82) is 0 Å². The van der Waals surface area contributed by atoms with Gasteiger partial charge in [-0.05, 0) is 49.5 Å². The summed E-state index contributed by atoms with van der Waals surface area (Å²) in [4.78, 5) is 0. The van der Waals surface area contributed by atoms with Crippen molar-refractivity contribution in [2.24, 2.45) is 0 Å². The van der Waals surface area contributed by atoms with Crippen molar-refractivity contribution in [3.8, 4) is 11.5 Å². The van der Waals surface area contributed by atoms with Crippen molar-refractivity contribution in [1.82, 2.24) is 5.32 Å². The molecule has 1 fully saturated rings. The maximum atomic E-state index is 13.8. The van der Waals surface area contributed by atoms with Gasteiger partial charge in [-0.15, -0.1) is 0 Å². The van der Waals surface area contributed by atoms with Gasteiger partial charge in [-0.2, -0.15) is 0 Å². The number of benzene rings is 1. The Morgan fingerprint density at radius 2 is 1.88 bits per heavy atom.